The Kier molecular flexibility index (Phi) is 3.78. The van der Waals surface area contributed by atoms with E-state index in [1.807, 2.05) is 54.6 Å². The van der Waals surface area contributed by atoms with Gasteiger partial charge in [-0.25, -0.2) is 4.98 Å². The van der Waals surface area contributed by atoms with Crippen molar-refractivity contribution >= 4 is 22.8 Å². The maximum atomic E-state index is 5.18. The number of hydrogen-bond acceptors (Lipinski definition) is 4. The summed E-state index contributed by atoms with van der Waals surface area (Å²) in [5, 5.41) is 6.42. The summed E-state index contributed by atoms with van der Waals surface area (Å²) in [6.45, 7) is 0. The monoisotopic (exact) mass is 277 g/mol. The van der Waals surface area contributed by atoms with Crippen molar-refractivity contribution in [1.82, 2.24) is 4.98 Å². The molecule has 1 heterocycles. The van der Waals surface area contributed by atoms with Crippen LogP contribution in [0.25, 0.3) is 10.8 Å². The summed E-state index contributed by atoms with van der Waals surface area (Å²) in [6.07, 6.45) is 3.51. The summed E-state index contributed by atoms with van der Waals surface area (Å²) in [4.78, 5) is 4.32. The van der Waals surface area contributed by atoms with Crippen molar-refractivity contribution in [2.24, 2.45) is 5.10 Å². The SMILES string of the molecule is COc1cccc(C=NNc2nccc3ccccc23)c1. The zero-order valence-corrected chi connectivity index (χ0v) is 11.7. The molecule has 0 bridgehead atoms. The first kappa shape index (κ1) is 13.1. The van der Waals surface area contributed by atoms with Gasteiger partial charge < -0.3 is 4.74 Å². The highest BCUT2D eigenvalue weighted by molar-refractivity contribution is 5.92. The van der Waals surface area contributed by atoms with Gasteiger partial charge in [-0.2, -0.15) is 5.10 Å². The number of nitrogens with zero attached hydrogens (tertiary/aromatic N) is 2. The molecule has 21 heavy (non-hydrogen) atoms. The highest BCUT2D eigenvalue weighted by Gasteiger charge is 1.99. The van der Waals surface area contributed by atoms with Crippen molar-refractivity contribution in [3.63, 3.8) is 0 Å². The number of pyridine rings is 1. The van der Waals surface area contributed by atoms with Gasteiger partial charge in [0.25, 0.3) is 0 Å². The molecule has 0 aliphatic rings. The molecular weight excluding hydrogens is 262 g/mol. The minimum atomic E-state index is 0.743. The van der Waals surface area contributed by atoms with Gasteiger partial charge in [-0.05, 0) is 29.1 Å². The molecule has 0 unspecified atom stereocenters. The van der Waals surface area contributed by atoms with Crippen LogP contribution in [0.4, 0.5) is 5.82 Å². The molecule has 0 saturated heterocycles. The van der Waals surface area contributed by atoms with Crippen LogP contribution in [-0.4, -0.2) is 18.3 Å². The van der Waals surface area contributed by atoms with Crippen LogP contribution in [0.1, 0.15) is 5.56 Å². The topological polar surface area (TPSA) is 46.5 Å². The fourth-order valence-corrected chi connectivity index (χ4v) is 2.10. The Morgan fingerprint density at radius 3 is 2.90 bits per heavy atom. The molecule has 0 atom stereocenters. The van der Waals surface area contributed by atoms with Crippen LogP contribution in [0.5, 0.6) is 5.75 Å². The van der Waals surface area contributed by atoms with Gasteiger partial charge in [0.1, 0.15) is 5.75 Å². The van der Waals surface area contributed by atoms with Crippen LogP contribution in [0.3, 0.4) is 0 Å². The van der Waals surface area contributed by atoms with Gasteiger partial charge in [0.2, 0.25) is 0 Å². The second-order valence-corrected chi connectivity index (χ2v) is 4.53. The molecule has 4 nitrogen and oxygen atoms in total. The number of rotatable bonds is 4. The molecule has 0 fully saturated rings. The number of benzene rings is 2. The predicted octanol–water partition coefficient (Wildman–Crippen LogP) is 3.69. The van der Waals surface area contributed by atoms with Crippen molar-refractivity contribution < 1.29 is 4.74 Å². The molecule has 0 amide bonds. The van der Waals surface area contributed by atoms with Crippen LogP contribution in [-0.2, 0) is 0 Å². The molecule has 3 aromatic rings. The number of ether oxygens (including phenoxy) is 1. The Bertz CT molecular complexity index is 778. The quantitative estimate of drug-likeness (QED) is 0.584. The first-order chi connectivity index (χ1) is 10.4. The highest BCUT2D eigenvalue weighted by Crippen LogP contribution is 2.20. The summed E-state index contributed by atoms with van der Waals surface area (Å²) in [7, 11) is 1.65. The number of methoxy groups -OCH3 is 1. The van der Waals surface area contributed by atoms with E-state index in [0.717, 1.165) is 27.9 Å². The van der Waals surface area contributed by atoms with Gasteiger partial charge >= 0.3 is 0 Å². The van der Waals surface area contributed by atoms with Crippen LogP contribution in [0, 0.1) is 0 Å². The molecule has 3 rings (SSSR count). The van der Waals surface area contributed by atoms with Gasteiger partial charge in [-0.3, -0.25) is 5.43 Å². The number of fused-ring (bicyclic) bond motifs is 1. The molecule has 0 spiro atoms. The van der Waals surface area contributed by atoms with E-state index in [9.17, 15) is 0 Å². The third kappa shape index (κ3) is 3.00. The Morgan fingerprint density at radius 1 is 1.10 bits per heavy atom. The second kappa shape index (κ2) is 6.05. The van der Waals surface area contributed by atoms with Crippen LogP contribution < -0.4 is 10.2 Å². The van der Waals surface area contributed by atoms with Crippen molar-refractivity contribution in [3.8, 4) is 5.75 Å². The van der Waals surface area contributed by atoms with E-state index in [2.05, 4.69) is 15.5 Å². The first-order valence-corrected chi connectivity index (χ1v) is 6.64. The highest BCUT2D eigenvalue weighted by atomic mass is 16.5. The predicted molar refractivity (Wildman–Crippen MR) is 86.0 cm³/mol. The van der Waals surface area contributed by atoms with E-state index in [4.69, 9.17) is 4.74 Å². The van der Waals surface area contributed by atoms with Crippen molar-refractivity contribution in [2.75, 3.05) is 12.5 Å². The summed E-state index contributed by atoms with van der Waals surface area (Å²) in [5.41, 5.74) is 3.95. The largest absolute Gasteiger partial charge is 0.497 e. The van der Waals surface area contributed by atoms with E-state index in [1.54, 1.807) is 19.5 Å². The van der Waals surface area contributed by atoms with E-state index < -0.39 is 0 Å². The lowest BCUT2D eigenvalue weighted by molar-refractivity contribution is 0.415. The molecule has 2 aromatic carbocycles. The summed E-state index contributed by atoms with van der Waals surface area (Å²) in [5.74, 6) is 1.55. The lowest BCUT2D eigenvalue weighted by Gasteiger charge is -2.04. The van der Waals surface area contributed by atoms with Crippen LogP contribution in [0.2, 0.25) is 0 Å². The van der Waals surface area contributed by atoms with Crippen molar-refractivity contribution in [3.05, 3.63) is 66.4 Å². The molecule has 0 aliphatic carbocycles. The summed E-state index contributed by atoms with van der Waals surface area (Å²) in [6, 6.07) is 17.7. The minimum Gasteiger partial charge on any atom is -0.497 e. The van der Waals surface area contributed by atoms with Crippen LogP contribution in [0.15, 0.2) is 65.9 Å². The zero-order chi connectivity index (χ0) is 14.5. The van der Waals surface area contributed by atoms with E-state index in [0.29, 0.717) is 0 Å². The van der Waals surface area contributed by atoms with Crippen molar-refractivity contribution in [2.45, 2.75) is 0 Å². The van der Waals surface area contributed by atoms with Crippen molar-refractivity contribution in [1.29, 1.82) is 0 Å². The fraction of sp³-hybridized carbons (Fsp3) is 0.0588. The maximum absolute atomic E-state index is 5.18. The van der Waals surface area contributed by atoms with Crippen LogP contribution >= 0.6 is 0 Å². The molecule has 0 radical (unpaired) electrons. The smallest absolute Gasteiger partial charge is 0.154 e. The average Bonchev–Trinajstić information content (AvgIpc) is 2.55. The summed E-state index contributed by atoms with van der Waals surface area (Å²) >= 11 is 0. The normalized spacial score (nSPS) is 10.9. The molecular formula is C17H15N3O. The average molecular weight is 277 g/mol. The zero-order valence-electron chi connectivity index (χ0n) is 11.7. The molecule has 0 aliphatic heterocycles. The fourth-order valence-electron chi connectivity index (χ4n) is 2.10. The number of aromatic nitrogens is 1. The van der Waals surface area contributed by atoms with Gasteiger partial charge in [0.15, 0.2) is 5.82 Å². The third-order valence-corrected chi connectivity index (χ3v) is 3.15. The Morgan fingerprint density at radius 2 is 2.00 bits per heavy atom. The standard InChI is InChI=1S/C17H15N3O/c1-21-15-7-4-5-13(11-15)12-19-20-17-16-8-3-2-6-14(16)9-10-18-17/h2-12H,1H3,(H,18,20). The van der Waals surface area contributed by atoms with E-state index in [1.165, 1.54) is 0 Å². The van der Waals surface area contributed by atoms with E-state index >= 15 is 0 Å². The Labute approximate surface area is 123 Å². The number of nitrogens with one attached hydrogen (secondary N) is 1. The molecule has 1 aromatic heterocycles. The van der Waals surface area contributed by atoms with E-state index in [-0.39, 0.29) is 0 Å². The summed E-state index contributed by atoms with van der Waals surface area (Å²) < 4.78 is 5.18. The molecule has 104 valence electrons. The lowest BCUT2D eigenvalue weighted by atomic mass is 10.2. The third-order valence-electron chi connectivity index (χ3n) is 3.15. The first-order valence-electron chi connectivity index (χ1n) is 6.64. The molecule has 0 saturated carbocycles. The number of hydrogen-bond donors (Lipinski definition) is 1. The number of hydrazone groups is 1. The minimum absolute atomic E-state index is 0.743. The van der Waals surface area contributed by atoms with Gasteiger partial charge in [0.05, 0.1) is 13.3 Å². The molecule has 4 heteroatoms. The Hall–Kier alpha value is -2.88. The molecule has 1 N–H and O–H groups in total. The van der Waals surface area contributed by atoms with Gasteiger partial charge in [-0.1, -0.05) is 36.4 Å². The lowest BCUT2D eigenvalue weighted by Crippen LogP contribution is -1.94. The number of anilines is 1. The van der Waals surface area contributed by atoms with Gasteiger partial charge in [0, 0.05) is 11.6 Å². The Balaban J connectivity index is 1.81. The second-order valence-electron chi connectivity index (χ2n) is 4.53. The maximum Gasteiger partial charge on any atom is 0.154 e. The van der Waals surface area contributed by atoms with Gasteiger partial charge in [-0.15, -0.1) is 0 Å².